The first-order valence-electron chi connectivity index (χ1n) is 7.59. The lowest BCUT2D eigenvalue weighted by Gasteiger charge is -2.10. The predicted molar refractivity (Wildman–Crippen MR) is 95.3 cm³/mol. The van der Waals surface area contributed by atoms with Gasteiger partial charge in [0, 0.05) is 24.2 Å². The molecule has 0 aliphatic heterocycles. The van der Waals surface area contributed by atoms with E-state index in [9.17, 15) is 9.59 Å². The largest absolute Gasteiger partial charge is 0.493 e. The number of rotatable bonds is 4. The van der Waals surface area contributed by atoms with E-state index in [0.29, 0.717) is 39.5 Å². The number of methoxy groups -OCH3 is 2. The number of nitrogens with one attached hydrogen (secondary N) is 1. The van der Waals surface area contributed by atoms with Crippen LogP contribution in [-0.2, 0) is 4.79 Å². The van der Waals surface area contributed by atoms with Gasteiger partial charge in [0.05, 0.1) is 19.6 Å². The molecule has 1 amide bonds. The molecule has 1 N–H and O–H groups in total. The maximum atomic E-state index is 12.5. The molecular formula is C19H17NO5. The van der Waals surface area contributed by atoms with Crippen molar-refractivity contribution in [3.63, 3.8) is 0 Å². The van der Waals surface area contributed by atoms with Gasteiger partial charge in [-0.05, 0) is 36.4 Å². The first-order valence-corrected chi connectivity index (χ1v) is 7.59. The quantitative estimate of drug-likeness (QED) is 0.788. The molecule has 3 aromatic rings. The Bertz CT molecular complexity index is 1010. The van der Waals surface area contributed by atoms with E-state index in [1.807, 2.05) is 0 Å². The van der Waals surface area contributed by atoms with Gasteiger partial charge in [0.2, 0.25) is 5.91 Å². The van der Waals surface area contributed by atoms with Crippen molar-refractivity contribution in [3.05, 3.63) is 52.7 Å². The first-order chi connectivity index (χ1) is 12.0. The van der Waals surface area contributed by atoms with Crippen LogP contribution in [0.3, 0.4) is 0 Å². The molecule has 0 spiro atoms. The molecule has 0 aliphatic rings. The van der Waals surface area contributed by atoms with Gasteiger partial charge in [-0.25, -0.2) is 0 Å². The van der Waals surface area contributed by atoms with Crippen LogP contribution in [0.5, 0.6) is 11.5 Å². The number of hydrogen-bond donors (Lipinski definition) is 1. The third kappa shape index (κ3) is 3.33. The minimum atomic E-state index is -0.203. The molecule has 6 nitrogen and oxygen atoms in total. The maximum absolute atomic E-state index is 12.5. The van der Waals surface area contributed by atoms with Crippen molar-refractivity contribution in [2.75, 3.05) is 19.5 Å². The average molecular weight is 339 g/mol. The SMILES string of the molecule is COc1ccc(-c2cc(=O)c3cc(NC(C)=O)ccc3o2)cc1OC. The predicted octanol–water partition coefficient (Wildman–Crippen LogP) is 3.44. The molecule has 128 valence electrons. The molecule has 0 saturated carbocycles. The minimum absolute atomic E-state index is 0.196. The number of carbonyl (C=O) groups is 1. The molecule has 6 heteroatoms. The van der Waals surface area contributed by atoms with Crippen molar-refractivity contribution in [2.45, 2.75) is 6.92 Å². The topological polar surface area (TPSA) is 77.8 Å². The second-order valence-corrected chi connectivity index (χ2v) is 5.44. The Morgan fingerprint density at radius 2 is 1.76 bits per heavy atom. The number of carbonyl (C=O) groups excluding carboxylic acids is 1. The van der Waals surface area contributed by atoms with Crippen LogP contribution in [-0.4, -0.2) is 20.1 Å². The lowest BCUT2D eigenvalue weighted by atomic mass is 10.1. The molecule has 0 saturated heterocycles. The Kier molecular flexibility index (Phi) is 4.43. The van der Waals surface area contributed by atoms with Crippen molar-refractivity contribution in [1.29, 1.82) is 0 Å². The van der Waals surface area contributed by atoms with Gasteiger partial charge < -0.3 is 19.2 Å². The van der Waals surface area contributed by atoms with E-state index >= 15 is 0 Å². The molecule has 25 heavy (non-hydrogen) atoms. The van der Waals surface area contributed by atoms with Gasteiger partial charge in [-0.2, -0.15) is 0 Å². The third-order valence-corrected chi connectivity index (χ3v) is 3.72. The van der Waals surface area contributed by atoms with Crippen LogP contribution in [0.4, 0.5) is 5.69 Å². The van der Waals surface area contributed by atoms with Crippen molar-refractivity contribution in [1.82, 2.24) is 0 Å². The highest BCUT2D eigenvalue weighted by atomic mass is 16.5. The molecule has 3 rings (SSSR count). The van der Waals surface area contributed by atoms with E-state index < -0.39 is 0 Å². The molecule has 1 aromatic heterocycles. The number of benzene rings is 2. The van der Waals surface area contributed by atoms with Crippen LogP contribution >= 0.6 is 0 Å². The van der Waals surface area contributed by atoms with E-state index in [1.165, 1.54) is 13.0 Å². The lowest BCUT2D eigenvalue weighted by molar-refractivity contribution is -0.114. The number of ether oxygens (including phenoxy) is 2. The first kappa shape index (κ1) is 16.6. The summed E-state index contributed by atoms with van der Waals surface area (Å²) in [5.41, 5.74) is 1.48. The zero-order chi connectivity index (χ0) is 18.0. The molecule has 2 aromatic carbocycles. The molecule has 0 aliphatic carbocycles. The summed E-state index contributed by atoms with van der Waals surface area (Å²) in [6, 6.07) is 11.6. The Hall–Kier alpha value is -3.28. The highest BCUT2D eigenvalue weighted by Gasteiger charge is 2.11. The summed E-state index contributed by atoms with van der Waals surface area (Å²) in [7, 11) is 3.10. The fraction of sp³-hybridized carbons (Fsp3) is 0.158. The Labute approximate surface area is 144 Å². The molecule has 1 heterocycles. The lowest BCUT2D eigenvalue weighted by Crippen LogP contribution is -2.07. The van der Waals surface area contributed by atoms with Crippen molar-refractivity contribution < 1.29 is 18.7 Å². The zero-order valence-electron chi connectivity index (χ0n) is 14.1. The van der Waals surface area contributed by atoms with Crippen LogP contribution in [0.15, 0.2) is 51.7 Å². The number of fused-ring (bicyclic) bond motifs is 1. The Morgan fingerprint density at radius 1 is 1.00 bits per heavy atom. The normalized spacial score (nSPS) is 10.5. The summed E-state index contributed by atoms with van der Waals surface area (Å²) >= 11 is 0. The summed E-state index contributed by atoms with van der Waals surface area (Å²) in [5, 5.41) is 3.05. The highest BCUT2D eigenvalue weighted by molar-refractivity contribution is 5.92. The molecule has 0 fully saturated rings. The molecule has 0 atom stereocenters. The van der Waals surface area contributed by atoms with Crippen LogP contribution in [0.2, 0.25) is 0 Å². The maximum Gasteiger partial charge on any atom is 0.221 e. The van der Waals surface area contributed by atoms with Gasteiger partial charge in [0.15, 0.2) is 16.9 Å². The van der Waals surface area contributed by atoms with Crippen molar-refractivity contribution in [3.8, 4) is 22.8 Å². The summed E-state index contributed by atoms with van der Waals surface area (Å²) < 4.78 is 16.4. The van der Waals surface area contributed by atoms with Gasteiger partial charge in [0.1, 0.15) is 11.3 Å². The second kappa shape index (κ2) is 6.68. The van der Waals surface area contributed by atoms with Gasteiger partial charge in [-0.1, -0.05) is 0 Å². The van der Waals surface area contributed by atoms with Crippen LogP contribution in [0.1, 0.15) is 6.92 Å². The van der Waals surface area contributed by atoms with E-state index in [-0.39, 0.29) is 11.3 Å². The van der Waals surface area contributed by atoms with Gasteiger partial charge >= 0.3 is 0 Å². The Balaban J connectivity index is 2.09. The molecule has 0 radical (unpaired) electrons. The molecule has 0 unspecified atom stereocenters. The number of amides is 1. The second-order valence-electron chi connectivity index (χ2n) is 5.44. The minimum Gasteiger partial charge on any atom is -0.493 e. The monoisotopic (exact) mass is 339 g/mol. The summed E-state index contributed by atoms with van der Waals surface area (Å²) in [5.74, 6) is 1.36. The smallest absolute Gasteiger partial charge is 0.221 e. The fourth-order valence-corrected chi connectivity index (χ4v) is 2.57. The van der Waals surface area contributed by atoms with Gasteiger partial charge in [0.25, 0.3) is 0 Å². The number of anilines is 1. The van der Waals surface area contributed by atoms with Crippen molar-refractivity contribution in [2.24, 2.45) is 0 Å². The highest BCUT2D eigenvalue weighted by Crippen LogP contribution is 2.32. The summed E-state index contributed by atoms with van der Waals surface area (Å²) in [6.45, 7) is 1.41. The van der Waals surface area contributed by atoms with Crippen LogP contribution < -0.4 is 20.2 Å². The molecule has 0 bridgehead atoms. The fourth-order valence-electron chi connectivity index (χ4n) is 2.57. The molecular weight excluding hydrogens is 322 g/mol. The Morgan fingerprint density at radius 3 is 2.44 bits per heavy atom. The van der Waals surface area contributed by atoms with Crippen LogP contribution in [0, 0.1) is 0 Å². The van der Waals surface area contributed by atoms with Gasteiger partial charge in [-0.3, -0.25) is 9.59 Å². The standard InChI is InChI=1S/C19H17NO5/c1-11(21)20-13-5-7-16-14(9-13)15(22)10-18(25-16)12-4-6-17(23-2)19(8-12)24-3/h4-10H,1-3H3,(H,20,21). The van der Waals surface area contributed by atoms with E-state index in [0.717, 1.165) is 0 Å². The summed E-state index contributed by atoms with van der Waals surface area (Å²) in [6.07, 6.45) is 0. The summed E-state index contributed by atoms with van der Waals surface area (Å²) in [4.78, 5) is 23.6. The zero-order valence-corrected chi connectivity index (χ0v) is 14.1. The van der Waals surface area contributed by atoms with Crippen LogP contribution in [0.25, 0.3) is 22.3 Å². The van der Waals surface area contributed by atoms with E-state index in [2.05, 4.69) is 5.32 Å². The third-order valence-electron chi connectivity index (χ3n) is 3.72. The van der Waals surface area contributed by atoms with Gasteiger partial charge in [-0.15, -0.1) is 0 Å². The van der Waals surface area contributed by atoms with E-state index in [1.54, 1.807) is 50.6 Å². The van der Waals surface area contributed by atoms with Crippen molar-refractivity contribution >= 4 is 22.6 Å². The van der Waals surface area contributed by atoms with E-state index in [4.69, 9.17) is 13.9 Å². The average Bonchev–Trinajstić information content (AvgIpc) is 2.61. The number of hydrogen-bond acceptors (Lipinski definition) is 5.